The van der Waals surface area contributed by atoms with E-state index in [9.17, 15) is 18.0 Å². The van der Waals surface area contributed by atoms with Crippen molar-refractivity contribution in [3.05, 3.63) is 0 Å². The molecule has 0 aromatic carbocycles. The molecule has 1 N–H and O–H groups in total. The molecule has 2 aliphatic heterocycles. The smallest absolute Gasteiger partial charge is 0.407 e. The highest BCUT2D eigenvalue weighted by molar-refractivity contribution is 7.91. The topological polar surface area (TPSA) is 101 Å². The highest BCUT2D eigenvalue weighted by Crippen LogP contribution is 2.45. The first-order valence-electron chi connectivity index (χ1n) is 6.37. The van der Waals surface area contributed by atoms with Crippen molar-refractivity contribution in [3.8, 4) is 0 Å². The summed E-state index contributed by atoms with van der Waals surface area (Å²) >= 11 is 0. The van der Waals surface area contributed by atoms with Crippen LogP contribution < -0.4 is 0 Å². The van der Waals surface area contributed by atoms with Gasteiger partial charge in [-0.05, 0) is 20.8 Å². The fraction of sp³-hybridized carbons (Fsp3) is 0.833. The van der Waals surface area contributed by atoms with Crippen LogP contribution in [-0.4, -0.2) is 60.7 Å². The lowest BCUT2D eigenvalue weighted by Crippen LogP contribution is -2.44. The maximum atomic E-state index is 12.4. The number of amides is 1. The number of ether oxygens (including phenoxy) is 1. The van der Waals surface area contributed by atoms with Gasteiger partial charge in [0.05, 0.1) is 11.5 Å². The molecule has 2 aliphatic rings. The number of carbonyl (C=O) groups excluding carboxylic acids is 1. The summed E-state index contributed by atoms with van der Waals surface area (Å²) in [6.45, 7) is 5.05. The summed E-state index contributed by atoms with van der Waals surface area (Å²) < 4.78 is 29.0. The van der Waals surface area contributed by atoms with Gasteiger partial charge in [-0.3, -0.25) is 4.79 Å². The Morgan fingerprint density at radius 2 is 1.95 bits per heavy atom. The summed E-state index contributed by atoms with van der Waals surface area (Å²) in [6.07, 6.45) is -1.14. The van der Waals surface area contributed by atoms with Crippen LogP contribution >= 0.6 is 0 Å². The summed E-state index contributed by atoms with van der Waals surface area (Å²) in [7, 11) is -3.33. The first-order valence-corrected chi connectivity index (χ1v) is 8.19. The molecule has 8 heteroatoms. The fourth-order valence-electron chi connectivity index (χ4n) is 2.92. The Balaban J connectivity index is 2.32. The van der Waals surface area contributed by atoms with Crippen molar-refractivity contribution in [3.63, 3.8) is 0 Å². The fourth-order valence-corrected chi connectivity index (χ4v) is 5.31. The highest BCUT2D eigenvalue weighted by atomic mass is 32.2. The van der Waals surface area contributed by atoms with Crippen LogP contribution in [0, 0.1) is 11.3 Å². The molecule has 2 fully saturated rings. The molecule has 0 aromatic heterocycles. The van der Waals surface area contributed by atoms with E-state index in [4.69, 9.17) is 9.84 Å². The van der Waals surface area contributed by atoms with Gasteiger partial charge in [0, 0.05) is 19.0 Å². The molecule has 7 nitrogen and oxygen atoms in total. The van der Waals surface area contributed by atoms with Crippen molar-refractivity contribution in [2.75, 3.05) is 24.6 Å². The Bertz CT molecular complexity index is 549. The lowest BCUT2D eigenvalue weighted by Gasteiger charge is -2.29. The maximum absolute atomic E-state index is 12.4. The summed E-state index contributed by atoms with van der Waals surface area (Å²) in [6, 6.07) is 0. The number of rotatable bonds is 1. The van der Waals surface area contributed by atoms with Gasteiger partial charge in [-0.25, -0.2) is 13.2 Å². The molecule has 0 aliphatic carbocycles. The largest absolute Gasteiger partial charge is 0.465 e. The van der Waals surface area contributed by atoms with Gasteiger partial charge in [0.25, 0.3) is 0 Å². The number of esters is 1. The van der Waals surface area contributed by atoms with Crippen molar-refractivity contribution < 1.29 is 27.9 Å². The second-order valence-corrected chi connectivity index (χ2v) is 8.68. The Kier molecular flexibility index (Phi) is 3.27. The molecular weight excluding hydrogens is 286 g/mol. The molecule has 0 aromatic rings. The van der Waals surface area contributed by atoms with Gasteiger partial charge in [0.2, 0.25) is 0 Å². The SMILES string of the molecule is CC(C)(C)OC(=O)[C@]12CN(C(=O)O)C[C@H]1CS(=O)(=O)C2. The van der Waals surface area contributed by atoms with Crippen LogP contribution in [0.4, 0.5) is 4.79 Å². The molecule has 2 atom stereocenters. The van der Waals surface area contributed by atoms with Crippen LogP contribution in [0.3, 0.4) is 0 Å². The van der Waals surface area contributed by atoms with E-state index < -0.39 is 38.8 Å². The number of carboxylic acid groups (broad SMARTS) is 1. The molecule has 0 radical (unpaired) electrons. The van der Waals surface area contributed by atoms with Crippen molar-refractivity contribution in [2.45, 2.75) is 26.4 Å². The van der Waals surface area contributed by atoms with Gasteiger partial charge in [-0.15, -0.1) is 0 Å². The molecule has 2 rings (SSSR count). The Labute approximate surface area is 117 Å². The van der Waals surface area contributed by atoms with Crippen LogP contribution in [0.2, 0.25) is 0 Å². The van der Waals surface area contributed by atoms with Crippen LogP contribution in [0.25, 0.3) is 0 Å². The van der Waals surface area contributed by atoms with E-state index in [0.717, 1.165) is 4.90 Å². The molecule has 2 heterocycles. The first kappa shape index (κ1) is 15.1. The normalized spacial score (nSPS) is 31.9. The van der Waals surface area contributed by atoms with Gasteiger partial charge >= 0.3 is 12.1 Å². The molecule has 0 spiro atoms. The van der Waals surface area contributed by atoms with Crippen LogP contribution in [0.1, 0.15) is 20.8 Å². The van der Waals surface area contributed by atoms with Crippen molar-refractivity contribution in [2.24, 2.45) is 11.3 Å². The molecule has 0 saturated carbocycles. The average Bonchev–Trinajstić information content (AvgIpc) is 2.64. The summed E-state index contributed by atoms with van der Waals surface area (Å²) in [5.41, 5.74) is -1.98. The molecule has 0 bridgehead atoms. The van der Waals surface area contributed by atoms with Crippen molar-refractivity contribution in [1.29, 1.82) is 0 Å². The second kappa shape index (κ2) is 4.34. The van der Waals surface area contributed by atoms with Gasteiger partial charge < -0.3 is 14.7 Å². The van der Waals surface area contributed by atoms with E-state index in [0.29, 0.717) is 0 Å². The predicted octanol–water partition coefficient (Wildman–Crippen LogP) is 0.353. The summed E-state index contributed by atoms with van der Waals surface area (Å²) in [5.74, 6) is -1.61. The zero-order chi connectivity index (χ0) is 15.3. The van der Waals surface area contributed by atoms with Crippen LogP contribution in [0.15, 0.2) is 0 Å². The summed E-state index contributed by atoms with van der Waals surface area (Å²) in [5, 5.41) is 9.05. The Morgan fingerprint density at radius 1 is 1.35 bits per heavy atom. The first-order chi connectivity index (χ1) is 8.95. The number of likely N-dealkylation sites (tertiary alicyclic amines) is 1. The van der Waals surface area contributed by atoms with Crippen molar-refractivity contribution in [1.82, 2.24) is 4.90 Å². The number of nitrogens with zero attached hydrogens (tertiary/aromatic N) is 1. The number of carbonyl (C=O) groups is 2. The summed E-state index contributed by atoms with van der Waals surface area (Å²) in [4.78, 5) is 24.6. The van der Waals surface area contributed by atoms with E-state index in [1.54, 1.807) is 20.8 Å². The number of sulfone groups is 1. The minimum absolute atomic E-state index is 0.0633. The van der Waals surface area contributed by atoms with Gasteiger partial charge in [-0.2, -0.15) is 0 Å². The van der Waals surface area contributed by atoms with Crippen LogP contribution in [-0.2, 0) is 19.4 Å². The third kappa shape index (κ3) is 2.61. The van der Waals surface area contributed by atoms with Crippen LogP contribution in [0.5, 0.6) is 0 Å². The van der Waals surface area contributed by atoms with Gasteiger partial charge in [0.15, 0.2) is 9.84 Å². The molecule has 0 unspecified atom stereocenters. The molecule has 1 amide bonds. The second-order valence-electron chi connectivity index (χ2n) is 6.57. The molecular formula is C12H19NO6S. The third-order valence-electron chi connectivity index (χ3n) is 3.70. The van der Waals surface area contributed by atoms with E-state index in [2.05, 4.69) is 0 Å². The lowest BCUT2D eigenvalue weighted by atomic mass is 9.81. The minimum Gasteiger partial charge on any atom is -0.465 e. The Hall–Kier alpha value is -1.31. The molecule has 20 heavy (non-hydrogen) atoms. The maximum Gasteiger partial charge on any atom is 0.407 e. The van der Waals surface area contributed by atoms with Crippen molar-refractivity contribution >= 4 is 21.9 Å². The number of fused-ring (bicyclic) bond motifs is 1. The van der Waals surface area contributed by atoms with E-state index in [1.807, 2.05) is 0 Å². The zero-order valence-corrected chi connectivity index (χ0v) is 12.6. The zero-order valence-electron chi connectivity index (χ0n) is 11.7. The van der Waals surface area contributed by atoms with E-state index in [1.165, 1.54) is 0 Å². The van der Waals surface area contributed by atoms with E-state index >= 15 is 0 Å². The standard InChI is InChI=1S/C12H19NO6S/c1-11(2,3)19-9(14)12-6-13(10(15)16)4-8(12)5-20(17,18)7-12/h8H,4-7H2,1-3H3,(H,15,16)/t8-,12-/m0/s1. The molecule has 114 valence electrons. The lowest BCUT2D eigenvalue weighted by molar-refractivity contribution is -0.166. The molecule has 2 saturated heterocycles. The average molecular weight is 305 g/mol. The highest BCUT2D eigenvalue weighted by Gasteiger charge is 2.62. The minimum atomic E-state index is -3.33. The predicted molar refractivity (Wildman–Crippen MR) is 70.0 cm³/mol. The van der Waals surface area contributed by atoms with E-state index in [-0.39, 0.29) is 24.6 Å². The van der Waals surface area contributed by atoms with Gasteiger partial charge in [0.1, 0.15) is 11.0 Å². The third-order valence-corrected chi connectivity index (χ3v) is 5.57. The van der Waals surface area contributed by atoms with Gasteiger partial charge in [-0.1, -0.05) is 0 Å². The quantitative estimate of drug-likeness (QED) is 0.702. The number of hydrogen-bond acceptors (Lipinski definition) is 5. The monoisotopic (exact) mass is 305 g/mol. The number of hydrogen-bond donors (Lipinski definition) is 1. The Morgan fingerprint density at radius 3 is 2.45 bits per heavy atom.